The van der Waals surface area contributed by atoms with Gasteiger partial charge in [0.15, 0.2) is 0 Å². The van der Waals surface area contributed by atoms with Crippen LogP contribution in [-0.2, 0) is 4.74 Å². The molecule has 0 atom stereocenters. The fourth-order valence-electron chi connectivity index (χ4n) is 1.42. The molecule has 0 fully saturated rings. The molecule has 1 aromatic carbocycles. The highest BCUT2D eigenvalue weighted by Crippen LogP contribution is 2.14. The van der Waals surface area contributed by atoms with Crippen LogP contribution in [0.4, 0.5) is 10.5 Å². The van der Waals surface area contributed by atoms with Crippen molar-refractivity contribution in [3.05, 3.63) is 29.3 Å². The fraction of sp³-hybridized carbons (Fsp3) is 0.400. The van der Waals surface area contributed by atoms with Crippen molar-refractivity contribution in [3.63, 3.8) is 0 Å². The van der Waals surface area contributed by atoms with Crippen molar-refractivity contribution in [2.45, 2.75) is 20.8 Å². The van der Waals surface area contributed by atoms with Crippen molar-refractivity contribution in [1.82, 2.24) is 0 Å². The number of ether oxygens (including phenoxy) is 1. The van der Waals surface area contributed by atoms with E-state index in [1.54, 1.807) is 6.07 Å². The number of amides is 1. The highest BCUT2D eigenvalue weighted by atomic mass is 16.5. The van der Waals surface area contributed by atoms with Crippen molar-refractivity contribution in [2.75, 3.05) is 18.5 Å². The van der Waals surface area contributed by atoms with Crippen molar-refractivity contribution >= 4 is 11.8 Å². The van der Waals surface area contributed by atoms with Crippen LogP contribution in [0.1, 0.15) is 25.0 Å². The van der Waals surface area contributed by atoms with Crippen LogP contribution in [0, 0.1) is 24.7 Å². The molecule has 0 radical (unpaired) electrons. The molecule has 0 aliphatic carbocycles. The van der Waals surface area contributed by atoms with E-state index in [0.29, 0.717) is 24.8 Å². The van der Waals surface area contributed by atoms with Gasteiger partial charge >= 0.3 is 6.09 Å². The molecule has 0 spiro atoms. The predicted octanol–water partition coefficient (Wildman–Crippen LogP) is 2.51. The van der Waals surface area contributed by atoms with E-state index >= 15 is 0 Å². The molecule has 0 aromatic heterocycles. The quantitative estimate of drug-likeness (QED) is 0.821. The maximum absolute atomic E-state index is 11.5. The van der Waals surface area contributed by atoms with Crippen LogP contribution in [0.2, 0.25) is 0 Å². The van der Waals surface area contributed by atoms with Crippen LogP contribution in [-0.4, -0.2) is 19.2 Å². The standard InChI is InChI=1S/C15H20N2O2/c1-11(2)10-19-15(18)17-14-7-6-13(5-4-8-16)12(3)9-14/h6-7,9,11H,8,10,16H2,1-3H3,(H,17,18). The third-order valence-corrected chi connectivity index (χ3v) is 2.35. The first-order chi connectivity index (χ1) is 9.02. The summed E-state index contributed by atoms with van der Waals surface area (Å²) in [7, 11) is 0. The average molecular weight is 260 g/mol. The molecule has 4 heteroatoms. The lowest BCUT2D eigenvalue weighted by atomic mass is 10.1. The Balaban J connectivity index is 2.65. The number of nitrogens with one attached hydrogen (secondary N) is 1. The molecule has 0 saturated heterocycles. The highest BCUT2D eigenvalue weighted by Gasteiger charge is 2.05. The first-order valence-electron chi connectivity index (χ1n) is 6.26. The molecule has 4 nitrogen and oxygen atoms in total. The lowest BCUT2D eigenvalue weighted by molar-refractivity contribution is 0.147. The number of rotatable bonds is 3. The van der Waals surface area contributed by atoms with Crippen molar-refractivity contribution in [2.24, 2.45) is 11.7 Å². The van der Waals surface area contributed by atoms with E-state index in [0.717, 1.165) is 11.1 Å². The monoisotopic (exact) mass is 260 g/mol. The van der Waals surface area contributed by atoms with Gasteiger partial charge in [-0.25, -0.2) is 4.79 Å². The number of aryl methyl sites for hydroxylation is 1. The molecule has 0 saturated carbocycles. The molecule has 1 amide bonds. The summed E-state index contributed by atoms with van der Waals surface area (Å²) in [6.45, 7) is 6.65. The molecular formula is C15H20N2O2. The second-order valence-corrected chi connectivity index (χ2v) is 4.65. The maximum atomic E-state index is 11.5. The van der Waals surface area contributed by atoms with E-state index in [-0.39, 0.29) is 0 Å². The zero-order valence-corrected chi connectivity index (χ0v) is 11.6. The Morgan fingerprint density at radius 2 is 2.21 bits per heavy atom. The van der Waals surface area contributed by atoms with Crippen LogP contribution >= 0.6 is 0 Å². The summed E-state index contributed by atoms with van der Waals surface area (Å²) < 4.78 is 5.05. The van der Waals surface area contributed by atoms with E-state index in [9.17, 15) is 4.79 Å². The minimum atomic E-state index is -0.436. The molecule has 1 rings (SSSR count). The molecule has 0 aliphatic heterocycles. The Labute approximate surface area is 114 Å². The SMILES string of the molecule is Cc1cc(NC(=O)OCC(C)C)ccc1C#CCN. The fourth-order valence-corrected chi connectivity index (χ4v) is 1.42. The third kappa shape index (κ3) is 5.45. The number of hydrogen-bond donors (Lipinski definition) is 2. The first kappa shape index (κ1) is 15.1. The molecule has 3 N–H and O–H groups in total. The van der Waals surface area contributed by atoms with E-state index in [1.807, 2.05) is 32.9 Å². The molecule has 0 aliphatic rings. The van der Waals surface area contributed by atoms with Gasteiger partial charge in [-0.3, -0.25) is 5.32 Å². The summed E-state index contributed by atoms with van der Waals surface area (Å²) in [6.07, 6.45) is -0.436. The van der Waals surface area contributed by atoms with Crippen LogP contribution < -0.4 is 11.1 Å². The predicted molar refractivity (Wildman–Crippen MR) is 76.9 cm³/mol. The molecule has 0 unspecified atom stereocenters. The van der Waals surface area contributed by atoms with E-state index < -0.39 is 6.09 Å². The van der Waals surface area contributed by atoms with Crippen molar-refractivity contribution < 1.29 is 9.53 Å². The Hall–Kier alpha value is -1.99. The number of carbonyl (C=O) groups excluding carboxylic acids is 1. The zero-order valence-electron chi connectivity index (χ0n) is 11.6. The Kier molecular flexibility index (Phi) is 5.91. The maximum Gasteiger partial charge on any atom is 0.411 e. The molecule has 19 heavy (non-hydrogen) atoms. The van der Waals surface area contributed by atoms with Gasteiger partial charge in [-0.05, 0) is 36.6 Å². The Morgan fingerprint density at radius 3 is 2.79 bits per heavy atom. The minimum Gasteiger partial charge on any atom is -0.449 e. The molecule has 0 heterocycles. The number of benzene rings is 1. The first-order valence-corrected chi connectivity index (χ1v) is 6.26. The normalized spacial score (nSPS) is 9.74. The molecule has 0 bridgehead atoms. The second kappa shape index (κ2) is 7.45. The lowest BCUT2D eigenvalue weighted by Gasteiger charge is -2.09. The Bertz CT molecular complexity index is 499. The molecular weight excluding hydrogens is 240 g/mol. The van der Waals surface area contributed by atoms with Gasteiger partial charge in [0.2, 0.25) is 0 Å². The highest BCUT2D eigenvalue weighted by molar-refractivity contribution is 5.84. The van der Waals surface area contributed by atoms with Crippen molar-refractivity contribution in [1.29, 1.82) is 0 Å². The van der Waals surface area contributed by atoms with E-state index in [4.69, 9.17) is 10.5 Å². The van der Waals surface area contributed by atoms with Gasteiger partial charge in [0.25, 0.3) is 0 Å². The van der Waals surface area contributed by atoms with Gasteiger partial charge in [0.1, 0.15) is 0 Å². The number of nitrogens with two attached hydrogens (primary N) is 1. The van der Waals surface area contributed by atoms with Gasteiger partial charge < -0.3 is 10.5 Å². The van der Waals surface area contributed by atoms with Crippen LogP contribution in [0.3, 0.4) is 0 Å². The summed E-state index contributed by atoms with van der Waals surface area (Å²) >= 11 is 0. The van der Waals surface area contributed by atoms with Gasteiger partial charge in [0.05, 0.1) is 13.2 Å². The lowest BCUT2D eigenvalue weighted by Crippen LogP contribution is -2.16. The Morgan fingerprint density at radius 1 is 1.47 bits per heavy atom. The van der Waals surface area contributed by atoms with Gasteiger partial charge in [0, 0.05) is 11.3 Å². The van der Waals surface area contributed by atoms with Gasteiger partial charge in [-0.2, -0.15) is 0 Å². The van der Waals surface area contributed by atoms with Crippen molar-refractivity contribution in [3.8, 4) is 11.8 Å². The van der Waals surface area contributed by atoms with E-state index in [2.05, 4.69) is 17.2 Å². The number of anilines is 1. The average Bonchev–Trinajstić information content (AvgIpc) is 2.35. The minimum absolute atomic E-state index is 0.321. The topological polar surface area (TPSA) is 64.3 Å². The summed E-state index contributed by atoms with van der Waals surface area (Å²) in [5.74, 6) is 6.10. The van der Waals surface area contributed by atoms with Crippen LogP contribution in [0.5, 0.6) is 0 Å². The summed E-state index contributed by atoms with van der Waals surface area (Å²) in [5, 5.41) is 2.69. The second-order valence-electron chi connectivity index (χ2n) is 4.65. The third-order valence-electron chi connectivity index (χ3n) is 2.35. The zero-order chi connectivity index (χ0) is 14.3. The molecule has 102 valence electrons. The summed E-state index contributed by atoms with van der Waals surface area (Å²) in [5.41, 5.74) is 7.93. The van der Waals surface area contributed by atoms with Gasteiger partial charge in [-0.1, -0.05) is 25.7 Å². The summed E-state index contributed by atoms with van der Waals surface area (Å²) in [4.78, 5) is 11.5. The molecule has 1 aromatic rings. The largest absolute Gasteiger partial charge is 0.449 e. The summed E-state index contributed by atoms with van der Waals surface area (Å²) in [6, 6.07) is 5.51. The van der Waals surface area contributed by atoms with Crippen LogP contribution in [0.25, 0.3) is 0 Å². The number of carbonyl (C=O) groups is 1. The van der Waals surface area contributed by atoms with Crippen LogP contribution in [0.15, 0.2) is 18.2 Å². The smallest absolute Gasteiger partial charge is 0.411 e. The van der Waals surface area contributed by atoms with E-state index in [1.165, 1.54) is 0 Å². The number of hydrogen-bond acceptors (Lipinski definition) is 3. The van der Waals surface area contributed by atoms with Gasteiger partial charge in [-0.15, -0.1) is 0 Å².